The fraction of sp³-hybridized carbons (Fsp3) is 0. The summed E-state index contributed by atoms with van der Waals surface area (Å²) in [6.45, 7) is 0. The van der Waals surface area contributed by atoms with Crippen molar-refractivity contribution in [3.8, 4) is 0 Å². The van der Waals surface area contributed by atoms with Crippen LogP contribution in [0.2, 0.25) is 0 Å². The summed E-state index contributed by atoms with van der Waals surface area (Å²) in [7, 11) is 0. The number of halogens is 1. The van der Waals surface area contributed by atoms with Crippen molar-refractivity contribution in [1.82, 2.24) is 0 Å². The summed E-state index contributed by atoms with van der Waals surface area (Å²) < 4.78 is 0. The van der Waals surface area contributed by atoms with Crippen molar-refractivity contribution in [1.29, 1.82) is 0 Å². The van der Waals surface area contributed by atoms with E-state index in [-0.39, 0.29) is 24.0 Å². The van der Waals surface area contributed by atoms with Crippen LogP contribution in [0.3, 0.4) is 0 Å². The molecule has 6 nitrogen and oxygen atoms in total. The Bertz CT molecular complexity index is 240. The molecule has 2 rings (SSSR count). The molecule has 0 N–H and O–H groups in total. The van der Waals surface area contributed by atoms with Gasteiger partial charge in [0, 0.05) is 0 Å². The molecule has 0 radical (unpaired) electrons. The number of nitrogens with zero attached hydrogens (tertiary/aromatic N) is 6. The molecule has 0 saturated heterocycles. The molecule has 2 heterocycles. The average molecular weight is 262 g/mol. The fourth-order valence-electron chi connectivity index (χ4n) is 0.579. The van der Waals surface area contributed by atoms with E-state index in [1.165, 1.54) is 12.7 Å². The van der Waals surface area contributed by atoms with Crippen LogP contribution in [0.15, 0.2) is 42.1 Å². The SMILES string of the molecule is C1=NC(=C2N=CN=N2)N=N1.I. The summed E-state index contributed by atoms with van der Waals surface area (Å²) in [5.41, 5.74) is 0. The normalized spacial score (nSPS) is 24.7. The van der Waals surface area contributed by atoms with Crippen LogP contribution in [0, 0.1) is 0 Å². The lowest BCUT2D eigenvalue weighted by atomic mass is 10.7. The minimum atomic E-state index is 0. The first-order valence-corrected chi connectivity index (χ1v) is 2.58. The van der Waals surface area contributed by atoms with E-state index in [2.05, 4.69) is 30.4 Å². The largest absolute Gasteiger partial charge is 0.223 e. The van der Waals surface area contributed by atoms with Crippen LogP contribution in [-0.4, -0.2) is 12.7 Å². The van der Waals surface area contributed by atoms with E-state index in [1.54, 1.807) is 0 Å². The van der Waals surface area contributed by atoms with Gasteiger partial charge in [-0.15, -0.1) is 44.4 Å². The Morgan fingerprint density at radius 3 is 1.55 bits per heavy atom. The van der Waals surface area contributed by atoms with Crippen LogP contribution in [-0.2, 0) is 0 Å². The lowest BCUT2D eigenvalue weighted by Gasteiger charge is -1.83. The summed E-state index contributed by atoms with van der Waals surface area (Å²) in [6, 6.07) is 0. The van der Waals surface area contributed by atoms with E-state index in [0.717, 1.165) is 0 Å². The quantitative estimate of drug-likeness (QED) is 0.596. The molecule has 0 fully saturated rings. The highest BCUT2D eigenvalue weighted by molar-refractivity contribution is 14.0. The molecule has 0 aliphatic carbocycles. The van der Waals surface area contributed by atoms with Gasteiger partial charge in [-0.05, 0) is 0 Å². The van der Waals surface area contributed by atoms with E-state index in [1.807, 2.05) is 0 Å². The zero-order chi connectivity index (χ0) is 6.81. The Morgan fingerprint density at radius 1 is 0.818 bits per heavy atom. The van der Waals surface area contributed by atoms with Crippen molar-refractivity contribution in [3.05, 3.63) is 11.6 Å². The zero-order valence-corrected chi connectivity index (χ0v) is 7.58. The van der Waals surface area contributed by atoms with Crippen molar-refractivity contribution in [3.63, 3.8) is 0 Å². The highest BCUT2D eigenvalue weighted by atomic mass is 127. The van der Waals surface area contributed by atoms with E-state index < -0.39 is 0 Å². The Balaban J connectivity index is 0.000000605. The second-order valence-electron chi connectivity index (χ2n) is 1.57. The molecule has 0 amide bonds. The van der Waals surface area contributed by atoms with Gasteiger partial charge in [0.1, 0.15) is 12.7 Å². The molecule has 11 heavy (non-hydrogen) atoms. The van der Waals surface area contributed by atoms with Gasteiger partial charge in [0.15, 0.2) is 0 Å². The summed E-state index contributed by atoms with van der Waals surface area (Å²) in [5, 5.41) is 14.3. The van der Waals surface area contributed by atoms with Gasteiger partial charge in [0.25, 0.3) is 0 Å². The van der Waals surface area contributed by atoms with Gasteiger partial charge in [0.2, 0.25) is 11.6 Å². The van der Waals surface area contributed by atoms with Gasteiger partial charge in [-0.1, -0.05) is 0 Å². The predicted molar refractivity (Wildman–Crippen MR) is 49.1 cm³/mol. The molecule has 0 unspecified atom stereocenters. The third-order valence-corrected chi connectivity index (χ3v) is 0.968. The lowest BCUT2D eigenvalue weighted by Crippen LogP contribution is -1.72. The number of hydrogen-bond acceptors (Lipinski definition) is 6. The number of hydrogen-bond donors (Lipinski definition) is 0. The smallest absolute Gasteiger partial charge is 0.210 e. The number of rotatable bonds is 0. The third kappa shape index (κ3) is 1.53. The molecule has 0 saturated carbocycles. The summed E-state index contributed by atoms with van der Waals surface area (Å²) in [5.74, 6) is 0.829. The van der Waals surface area contributed by atoms with Crippen molar-refractivity contribution < 1.29 is 0 Å². The van der Waals surface area contributed by atoms with Crippen LogP contribution in [0.5, 0.6) is 0 Å². The van der Waals surface area contributed by atoms with Crippen molar-refractivity contribution in [2.45, 2.75) is 0 Å². The monoisotopic (exact) mass is 262 g/mol. The molecular weight excluding hydrogens is 259 g/mol. The van der Waals surface area contributed by atoms with Gasteiger partial charge in [-0.2, -0.15) is 0 Å². The van der Waals surface area contributed by atoms with E-state index in [0.29, 0.717) is 11.6 Å². The highest BCUT2D eigenvalue weighted by Crippen LogP contribution is 2.16. The molecular formula is C4H3IN6. The first kappa shape index (κ1) is 8.11. The third-order valence-electron chi connectivity index (χ3n) is 0.968. The minimum Gasteiger partial charge on any atom is -0.210 e. The number of aliphatic imine (C=N–C) groups is 2. The molecule has 0 spiro atoms. The van der Waals surface area contributed by atoms with Gasteiger partial charge in [0.05, 0.1) is 0 Å². The molecule has 2 aliphatic heterocycles. The topological polar surface area (TPSA) is 74.2 Å². The van der Waals surface area contributed by atoms with Crippen molar-refractivity contribution in [2.24, 2.45) is 30.4 Å². The predicted octanol–water partition coefficient (Wildman–Crippen LogP) is 1.72. The highest BCUT2D eigenvalue weighted by Gasteiger charge is 2.07. The molecule has 0 aromatic carbocycles. The summed E-state index contributed by atoms with van der Waals surface area (Å²) in [4.78, 5) is 7.54. The fourth-order valence-corrected chi connectivity index (χ4v) is 0.579. The van der Waals surface area contributed by atoms with Crippen molar-refractivity contribution >= 4 is 36.7 Å². The molecule has 0 aromatic rings. The maximum absolute atomic E-state index is 3.77. The second kappa shape index (κ2) is 3.42. The average Bonchev–Trinajstić information content (AvgIpc) is 2.59. The maximum Gasteiger partial charge on any atom is 0.223 e. The zero-order valence-electron chi connectivity index (χ0n) is 5.25. The Hall–Kier alpha value is -0.990. The van der Waals surface area contributed by atoms with E-state index in [4.69, 9.17) is 0 Å². The Kier molecular flexibility index (Phi) is 2.52. The number of azo groups is 2. The molecule has 0 atom stereocenters. The Morgan fingerprint density at radius 2 is 1.27 bits per heavy atom. The maximum atomic E-state index is 3.77. The van der Waals surface area contributed by atoms with Gasteiger partial charge in [-0.3, -0.25) is 0 Å². The van der Waals surface area contributed by atoms with Crippen LogP contribution < -0.4 is 0 Å². The molecule has 0 aromatic heterocycles. The van der Waals surface area contributed by atoms with E-state index >= 15 is 0 Å². The van der Waals surface area contributed by atoms with Crippen LogP contribution in [0.4, 0.5) is 0 Å². The van der Waals surface area contributed by atoms with Crippen LogP contribution >= 0.6 is 24.0 Å². The first-order chi connectivity index (χ1) is 4.97. The molecule has 56 valence electrons. The van der Waals surface area contributed by atoms with Gasteiger partial charge < -0.3 is 0 Å². The van der Waals surface area contributed by atoms with Gasteiger partial charge in [-0.25, -0.2) is 9.98 Å². The standard InChI is InChI=1S/C4H2N6.HI/c1-5-3(9-7-1)4-6-2-8-10-4;/h1-2H;1H. The van der Waals surface area contributed by atoms with Crippen molar-refractivity contribution in [2.75, 3.05) is 0 Å². The second-order valence-corrected chi connectivity index (χ2v) is 1.57. The Labute approximate surface area is 79.0 Å². The summed E-state index contributed by atoms with van der Waals surface area (Å²) >= 11 is 0. The van der Waals surface area contributed by atoms with Crippen LogP contribution in [0.25, 0.3) is 0 Å². The molecule has 2 aliphatic rings. The first-order valence-electron chi connectivity index (χ1n) is 2.58. The minimum absolute atomic E-state index is 0. The van der Waals surface area contributed by atoms with Gasteiger partial charge >= 0.3 is 0 Å². The molecule has 0 bridgehead atoms. The molecule has 7 heteroatoms. The van der Waals surface area contributed by atoms with Crippen LogP contribution in [0.1, 0.15) is 0 Å². The lowest BCUT2D eigenvalue weighted by molar-refractivity contribution is 1.07. The summed E-state index contributed by atoms with van der Waals surface area (Å²) in [6.07, 6.45) is 2.68. The van der Waals surface area contributed by atoms with E-state index in [9.17, 15) is 0 Å².